The van der Waals surface area contributed by atoms with Crippen molar-refractivity contribution in [3.63, 3.8) is 0 Å². The van der Waals surface area contributed by atoms with E-state index in [0.717, 1.165) is 53.7 Å². The SMILES string of the molecule is CCCc1c2c(c(CCC=O)c(C)c1OCc1ccccc1)OC(C)(C)C2. The molecule has 1 aliphatic heterocycles. The van der Waals surface area contributed by atoms with E-state index in [9.17, 15) is 4.79 Å². The van der Waals surface area contributed by atoms with Gasteiger partial charge in [-0.25, -0.2) is 0 Å². The van der Waals surface area contributed by atoms with E-state index in [1.165, 1.54) is 11.1 Å². The lowest BCUT2D eigenvalue weighted by atomic mass is 9.89. The molecular formula is C24H30O3. The average Bonchev–Trinajstić information content (AvgIpc) is 2.97. The van der Waals surface area contributed by atoms with Gasteiger partial charge in [-0.1, -0.05) is 43.7 Å². The van der Waals surface area contributed by atoms with E-state index < -0.39 is 0 Å². The normalized spacial score (nSPS) is 14.5. The first-order valence-electron chi connectivity index (χ1n) is 9.93. The number of carbonyl (C=O) groups excluding carboxylic acids is 1. The Morgan fingerprint density at radius 2 is 1.89 bits per heavy atom. The van der Waals surface area contributed by atoms with Gasteiger partial charge in [0.25, 0.3) is 0 Å². The zero-order chi connectivity index (χ0) is 19.4. The minimum atomic E-state index is -0.217. The summed E-state index contributed by atoms with van der Waals surface area (Å²) in [6.45, 7) is 9.12. The molecule has 0 unspecified atom stereocenters. The van der Waals surface area contributed by atoms with Crippen LogP contribution in [-0.2, 0) is 30.7 Å². The monoisotopic (exact) mass is 366 g/mol. The van der Waals surface area contributed by atoms with Crippen molar-refractivity contribution in [1.82, 2.24) is 0 Å². The molecule has 2 aromatic carbocycles. The topological polar surface area (TPSA) is 35.5 Å². The Labute approximate surface area is 162 Å². The molecule has 3 rings (SSSR count). The number of carbonyl (C=O) groups is 1. The van der Waals surface area contributed by atoms with Crippen LogP contribution in [0, 0.1) is 6.92 Å². The molecule has 0 saturated carbocycles. The molecule has 27 heavy (non-hydrogen) atoms. The number of hydrogen-bond acceptors (Lipinski definition) is 3. The van der Waals surface area contributed by atoms with E-state index in [4.69, 9.17) is 9.47 Å². The molecule has 0 atom stereocenters. The number of aldehydes is 1. The lowest BCUT2D eigenvalue weighted by molar-refractivity contribution is -0.107. The van der Waals surface area contributed by atoms with Crippen LogP contribution in [0.5, 0.6) is 11.5 Å². The summed E-state index contributed by atoms with van der Waals surface area (Å²) in [5, 5.41) is 0. The highest BCUT2D eigenvalue weighted by molar-refractivity contribution is 5.62. The summed E-state index contributed by atoms with van der Waals surface area (Å²) in [6.07, 6.45) is 5.09. The second kappa shape index (κ2) is 8.16. The zero-order valence-corrected chi connectivity index (χ0v) is 16.9. The molecule has 0 fully saturated rings. The molecule has 3 heteroatoms. The molecule has 3 nitrogen and oxygen atoms in total. The predicted octanol–water partition coefficient (Wildman–Crippen LogP) is 5.37. The summed E-state index contributed by atoms with van der Waals surface area (Å²) in [6, 6.07) is 10.3. The van der Waals surface area contributed by atoms with Crippen LogP contribution in [0.2, 0.25) is 0 Å². The van der Waals surface area contributed by atoms with Crippen LogP contribution >= 0.6 is 0 Å². The van der Waals surface area contributed by atoms with Gasteiger partial charge < -0.3 is 14.3 Å². The second-order valence-electron chi connectivity index (χ2n) is 7.99. The van der Waals surface area contributed by atoms with Crippen LogP contribution < -0.4 is 9.47 Å². The van der Waals surface area contributed by atoms with Gasteiger partial charge in [-0.2, -0.15) is 0 Å². The highest BCUT2D eigenvalue weighted by atomic mass is 16.5. The highest BCUT2D eigenvalue weighted by Gasteiger charge is 2.36. The van der Waals surface area contributed by atoms with Crippen LogP contribution in [0.3, 0.4) is 0 Å². The summed E-state index contributed by atoms with van der Waals surface area (Å²) in [5.41, 5.74) is 5.74. The number of benzene rings is 2. The van der Waals surface area contributed by atoms with Gasteiger partial charge >= 0.3 is 0 Å². The lowest BCUT2D eigenvalue weighted by Gasteiger charge is -2.22. The summed E-state index contributed by atoms with van der Waals surface area (Å²) >= 11 is 0. The second-order valence-corrected chi connectivity index (χ2v) is 7.99. The predicted molar refractivity (Wildman–Crippen MR) is 109 cm³/mol. The summed E-state index contributed by atoms with van der Waals surface area (Å²) in [4.78, 5) is 11.0. The van der Waals surface area contributed by atoms with E-state index in [2.05, 4.69) is 39.8 Å². The quantitative estimate of drug-likeness (QED) is 0.589. The van der Waals surface area contributed by atoms with Crippen LogP contribution in [0.25, 0.3) is 0 Å². The van der Waals surface area contributed by atoms with Gasteiger partial charge in [0.1, 0.15) is 30.0 Å². The van der Waals surface area contributed by atoms with E-state index in [1.807, 2.05) is 18.2 Å². The van der Waals surface area contributed by atoms with Crippen LogP contribution in [0.1, 0.15) is 61.4 Å². The Balaban J connectivity index is 2.06. The van der Waals surface area contributed by atoms with Crippen molar-refractivity contribution in [2.45, 2.75) is 72.0 Å². The fourth-order valence-corrected chi connectivity index (χ4v) is 3.98. The Morgan fingerprint density at radius 1 is 1.15 bits per heavy atom. The third-order valence-corrected chi connectivity index (χ3v) is 5.20. The van der Waals surface area contributed by atoms with Crippen molar-refractivity contribution in [2.75, 3.05) is 0 Å². The smallest absolute Gasteiger partial charge is 0.127 e. The van der Waals surface area contributed by atoms with E-state index in [0.29, 0.717) is 19.4 Å². The van der Waals surface area contributed by atoms with Crippen molar-refractivity contribution in [2.24, 2.45) is 0 Å². The molecule has 0 amide bonds. The zero-order valence-electron chi connectivity index (χ0n) is 16.9. The maximum atomic E-state index is 11.0. The maximum absolute atomic E-state index is 11.0. The first kappa shape index (κ1) is 19.5. The summed E-state index contributed by atoms with van der Waals surface area (Å²) < 4.78 is 12.7. The largest absolute Gasteiger partial charge is 0.488 e. The van der Waals surface area contributed by atoms with E-state index in [-0.39, 0.29) is 5.60 Å². The Bertz CT molecular complexity index is 806. The molecule has 1 heterocycles. The van der Waals surface area contributed by atoms with Gasteiger partial charge in [0.2, 0.25) is 0 Å². The number of hydrogen-bond donors (Lipinski definition) is 0. The van der Waals surface area contributed by atoms with Crippen molar-refractivity contribution in [1.29, 1.82) is 0 Å². The van der Waals surface area contributed by atoms with Crippen LogP contribution in [-0.4, -0.2) is 11.9 Å². The van der Waals surface area contributed by atoms with E-state index in [1.54, 1.807) is 0 Å². The lowest BCUT2D eigenvalue weighted by Crippen LogP contribution is -2.25. The van der Waals surface area contributed by atoms with Gasteiger partial charge in [0, 0.05) is 29.5 Å². The molecule has 0 radical (unpaired) electrons. The Kier molecular flexibility index (Phi) is 5.88. The summed E-state index contributed by atoms with van der Waals surface area (Å²) in [7, 11) is 0. The van der Waals surface area contributed by atoms with Crippen LogP contribution in [0.15, 0.2) is 30.3 Å². The minimum absolute atomic E-state index is 0.217. The summed E-state index contributed by atoms with van der Waals surface area (Å²) in [5.74, 6) is 1.98. The molecule has 1 aliphatic rings. The van der Waals surface area contributed by atoms with Gasteiger partial charge in [-0.15, -0.1) is 0 Å². The van der Waals surface area contributed by atoms with Gasteiger partial charge in [0.05, 0.1) is 0 Å². The Morgan fingerprint density at radius 3 is 2.56 bits per heavy atom. The average molecular weight is 367 g/mol. The van der Waals surface area contributed by atoms with Crippen molar-refractivity contribution < 1.29 is 14.3 Å². The molecule has 144 valence electrons. The molecule has 2 aromatic rings. The first-order chi connectivity index (χ1) is 13.0. The number of ether oxygens (including phenoxy) is 2. The van der Waals surface area contributed by atoms with Crippen molar-refractivity contribution >= 4 is 6.29 Å². The molecule has 0 aromatic heterocycles. The Hall–Kier alpha value is -2.29. The molecule has 0 spiro atoms. The fraction of sp³-hybridized carbons (Fsp3) is 0.458. The molecular weight excluding hydrogens is 336 g/mol. The van der Waals surface area contributed by atoms with Crippen LogP contribution in [0.4, 0.5) is 0 Å². The molecule has 0 saturated heterocycles. The minimum Gasteiger partial charge on any atom is -0.488 e. The maximum Gasteiger partial charge on any atom is 0.127 e. The van der Waals surface area contributed by atoms with E-state index >= 15 is 0 Å². The van der Waals surface area contributed by atoms with Gasteiger partial charge in [0.15, 0.2) is 0 Å². The van der Waals surface area contributed by atoms with Crippen molar-refractivity contribution in [3.05, 3.63) is 58.1 Å². The molecule has 0 N–H and O–H groups in total. The number of rotatable bonds is 8. The standard InChI is InChI=1S/C24H30O3/c1-5-10-20-21-15-24(3,4)27-23(21)19(13-9-14-25)17(2)22(20)26-16-18-11-7-6-8-12-18/h6-8,11-12,14H,5,9-10,13,15-16H2,1-4H3. The first-order valence-corrected chi connectivity index (χ1v) is 9.93. The molecule has 0 aliphatic carbocycles. The van der Waals surface area contributed by atoms with Gasteiger partial charge in [-0.05, 0) is 44.7 Å². The number of fused-ring (bicyclic) bond motifs is 1. The highest BCUT2D eigenvalue weighted by Crippen LogP contribution is 2.47. The molecule has 0 bridgehead atoms. The van der Waals surface area contributed by atoms with Crippen molar-refractivity contribution in [3.8, 4) is 11.5 Å². The van der Waals surface area contributed by atoms with Gasteiger partial charge in [-0.3, -0.25) is 0 Å². The fourth-order valence-electron chi connectivity index (χ4n) is 3.98. The third-order valence-electron chi connectivity index (χ3n) is 5.20. The third kappa shape index (κ3) is 4.18.